The van der Waals surface area contributed by atoms with Gasteiger partial charge in [0, 0.05) is 18.4 Å². The Morgan fingerprint density at radius 2 is 2.16 bits per heavy atom. The van der Waals surface area contributed by atoms with Crippen molar-refractivity contribution >= 4 is 33.2 Å². The first-order chi connectivity index (χ1) is 8.81. The van der Waals surface area contributed by atoms with Crippen molar-refractivity contribution in [1.82, 2.24) is 10.3 Å². The van der Waals surface area contributed by atoms with Crippen LogP contribution in [0.1, 0.15) is 16.8 Å². The average molecular weight is 307 g/mol. The topological polar surface area (TPSA) is 114 Å². The van der Waals surface area contributed by atoms with Gasteiger partial charge in [-0.05, 0) is 18.6 Å². The molecule has 0 fully saturated rings. The number of nitrogens with zero attached hydrogens (tertiary/aromatic N) is 1. The van der Waals surface area contributed by atoms with Crippen LogP contribution in [0.2, 0.25) is 5.15 Å². The number of halogens is 1. The molecule has 106 valence electrons. The van der Waals surface area contributed by atoms with Gasteiger partial charge in [-0.25, -0.2) is 19.2 Å². The second-order valence-corrected chi connectivity index (χ2v) is 6.59. The molecule has 1 amide bonds. The van der Waals surface area contributed by atoms with Gasteiger partial charge in [-0.3, -0.25) is 4.79 Å². The standard InChI is InChI=1S/C10H15ClN4O3S/c1-19(17,18)4-2-3-13-10(16)7-5-8(11)14-9(6-7)15-12/h5-6H,2-4,12H2,1H3,(H,13,16)(H,14,15). The minimum Gasteiger partial charge on any atom is -0.352 e. The fraction of sp³-hybridized carbons (Fsp3) is 0.400. The molecule has 4 N–H and O–H groups in total. The second-order valence-electron chi connectivity index (χ2n) is 3.95. The number of carbonyl (C=O) groups excluding carboxylic acids is 1. The van der Waals surface area contributed by atoms with Crippen LogP contribution in [0.3, 0.4) is 0 Å². The van der Waals surface area contributed by atoms with Crippen LogP contribution in [0, 0.1) is 0 Å². The Morgan fingerprint density at radius 1 is 1.47 bits per heavy atom. The molecule has 0 saturated carbocycles. The zero-order valence-electron chi connectivity index (χ0n) is 10.3. The number of carbonyl (C=O) groups is 1. The number of rotatable bonds is 6. The molecular weight excluding hydrogens is 292 g/mol. The molecule has 0 aliphatic rings. The fourth-order valence-corrected chi connectivity index (χ4v) is 2.22. The number of anilines is 1. The summed E-state index contributed by atoms with van der Waals surface area (Å²) in [6.07, 6.45) is 1.50. The van der Waals surface area contributed by atoms with E-state index in [0.29, 0.717) is 12.0 Å². The average Bonchev–Trinajstić information content (AvgIpc) is 2.32. The summed E-state index contributed by atoms with van der Waals surface area (Å²) in [4.78, 5) is 15.6. The van der Waals surface area contributed by atoms with Gasteiger partial charge >= 0.3 is 0 Å². The third kappa shape index (κ3) is 5.86. The van der Waals surface area contributed by atoms with Gasteiger partial charge in [0.15, 0.2) is 0 Å². The van der Waals surface area contributed by atoms with Crippen LogP contribution < -0.4 is 16.6 Å². The summed E-state index contributed by atoms with van der Waals surface area (Å²) in [6, 6.07) is 2.84. The number of hydrogen-bond donors (Lipinski definition) is 3. The quantitative estimate of drug-likeness (QED) is 0.299. The minimum absolute atomic E-state index is 0.0278. The Hall–Kier alpha value is -1.38. The van der Waals surface area contributed by atoms with E-state index in [0.717, 1.165) is 6.26 Å². The van der Waals surface area contributed by atoms with Gasteiger partial charge < -0.3 is 10.7 Å². The van der Waals surface area contributed by atoms with E-state index < -0.39 is 9.84 Å². The van der Waals surface area contributed by atoms with Crippen molar-refractivity contribution < 1.29 is 13.2 Å². The van der Waals surface area contributed by atoms with Gasteiger partial charge in [-0.1, -0.05) is 11.6 Å². The fourth-order valence-electron chi connectivity index (χ4n) is 1.34. The normalized spacial score (nSPS) is 11.1. The Balaban J connectivity index is 2.56. The second kappa shape index (κ2) is 6.69. The number of hydrazine groups is 1. The van der Waals surface area contributed by atoms with Crippen molar-refractivity contribution in [3.63, 3.8) is 0 Å². The van der Waals surface area contributed by atoms with Gasteiger partial charge in [0.2, 0.25) is 0 Å². The Morgan fingerprint density at radius 3 is 2.74 bits per heavy atom. The molecule has 1 heterocycles. The van der Waals surface area contributed by atoms with Gasteiger partial charge in [0.25, 0.3) is 5.91 Å². The molecule has 19 heavy (non-hydrogen) atoms. The lowest BCUT2D eigenvalue weighted by atomic mass is 10.2. The monoisotopic (exact) mass is 306 g/mol. The maximum Gasteiger partial charge on any atom is 0.251 e. The molecule has 1 rings (SSSR count). The lowest BCUT2D eigenvalue weighted by Gasteiger charge is -2.07. The number of aromatic nitrogens is 1. The molecule has 0 aliphatic carbocycles. The smallest absolute Gasteiger partial charge is 0.251 e. The number of sulfone groups is 1. The molecule has 0 spiro atoms. The number of hydrogen-bond acceptors (Lipinski definition) is 6. The highest BCUT2D eigenvalue weighted by atomic mass is 35.5. The van der Waals surface area contributed by atoms with Crippen LogP contribution >= 0.6 is 11.6 Å². The van der Waals surface area contributed by atoms with Gasteiger partial charge in [-0.15, -0.1) is 0 Å². The molecule has 0 unspecified atom stereocenters. The highest BCUT2D eigenvalue weighted by molar-refractivity contribution is 7.90. The maximum atomic E-state index is 11.8. The number of nitrogen functional groups attached to an aromatic ring is 1. The molecule has 0 saturated heterocycles. The van der Waals surface area contributed by atoms with E-state index in [4.69, 9.17) is 17.4 Å². The van der Waals surface area contributed by atoms with Crippen LogP contribution in [0.15, 0.2) is 12.1 Å². The van der Waals surface area contributed by atoms with Crippen molar-refractivity contribution in [1.29, 1.82) is 0 Å². The Labute approximate surface area is 116 Å². The number of amides is 1. The van der Waals surface area contributed by atoms with Gasteiger partial charge in [-0.2, -0.15) is 0 Å². The van der Waals surface area contributed by atoms with Crippen molar-refractivity contribution in [2.24, 2.45) is 5.84 Å². The SMILES string of the molecule is CS(=O)(=O)CCCNC(=O)c1cc(Cl)nc(NN)c1. The minimum atomic E-state index is -3.01. The highest BCUT2D eigenvalue weighted by Gasteiger charge is 2.09. The van der Waals surface area contributed by atoms with Crippen LogP contribution in [0.25, 0.3) is 0 Å². The van der Waals surface area contributed by atoms with Crippen LogP contribution in [0.4, 0.5) is 5.82 Å². The summed E-state index contributed by atoms with van der Waals surface area (Å²) in [5.74, 6) is 5.12. The highest BCUT2D eigenvalue weighted by Crippen LogP contribution is 2.13. The predicted octanol–water partition coefficient (Wildman–Crippen LogP) is 0.185. The third-order valence-electron chi connectivity index (χ3n) is 2.18. The van der Waals surface area contributed by atoms with Crippen molar-refractivity contribution in [2.45, 2.75) is 6.42 Å². The summed E-state index contributed by atoms with van der Waals surface area (Å²) in [5, 5.41) is 2.73. The van der Waals surface area contributed by atoms with Crippen LogP contribution in [0.5, 0.6) is 0 Å². The molecule has 0 aromatic carbocycles. The lowest BCUT2D eigenvalue weighted by molar-refractivity contribution is 0.0953. The molecule has 1 aromatic rings. The predicted molar refractivity (Wildman–Crippen MR) is 73.7 cm³/mol. The summed E-state index contributed by atoms with van der Waals surface area (Å²) in [6.45, 7) is 0.261. The molecular formula is C10H15ClN4O3S. The molecule has 0 radical (unpaired) electrons. The van der Waals surface area contributed by atoms with Crippen molar-refractivity contribution in [3.05, 3.63) is 22.8 Å². The van der Waals surface area contributed by atoms with E-state index in [2.05, 4.69) is 15.7 Å². The molecule has 0 atom stereocenters. The zero-order chi connectivity index (χ0) is 14.5. The summed E-state index contributed by atoms with van der Waals surface area (Å²) >= 11 is 5.73. The lowest BCUT2D eigenvalue weighted by Crippen LogP contribution is -2.26. The van der Waals surface area contributed by atoms with Crippen LogP contribution in [-0.2, 0) is 9.84 Å². The molecule has 0 bridgehead atoms. The summed E-state index contributed by atoms with van der Waals surface area (Å²) < 4.78 is 21.8. The molecule has 9 heteroatoms. The molecule has 7 nitrogen and oxygen atoms in total. The number of nitrogens with two attached hydrogens (primary N) is 1. The first-order valence-electron chi connectivity index (χ1n) is 5.42. The Kier molecular flexibility index (Phi) is 5.52. The molecule has 1 aromatic heterocycles. The van der Waals surface area contributed by atoms with E-state index in [1.807, 2.05) is 0 Å². The first kappa shape index (κ1) is 15.7. The van der Waals surface area contributed by atoms with E-state index >= 15 is 0 Å². The molecule has 0 aliphatic heterocycles. The maximum absolute atomic E-state index is 11.8. The first-order valence-corrected chi connectivity index (χ1v) is 7.86. The third-order valence-corrected chi connectivity index (χ3v) is 3.41. The summed E-state index contributed by atoms with van der Waals surface area (Å²) in [7, 11) is -3.01. The van der Waals surface area contributed by atoms with E-state index in [1.165, 1.54) is 12.1 Å². The summed E-state index contributed by atoms with van der Waals surface area (Å²) in [5.41, 5.74) is 2.59. The number of nitrogens with one attached hydrogen (secondary N) is 2. The van der Waals surface area contributed by atoms with Gasteiger partial charge in [0.1, 0.15) is 20.8 Å². The van der Waals surface area contributed by atoms with E-state index in [-0.39, 0.29) is 29.2 Å². The zero-order valence-corrected chi connectivity index (χ0v) is 11.9. The number of pyridine rings is 1. The van der Waals surface area contributed by atoms with Crippen molar-refractivity contribution in [2.75, 3.05) is 24.0 Å². The van der Waals surface area contributed by atoms with E-state index in [1.54, 1.807) is 0 Å². The van der Waals surface area contributed by atoms with Crippen molar-refractivity contribution in [3.8, 4) is 0 Å². The van der Waals surface area contributed by atoms with E-state index in [9.17, 15) is 13.2 Å². The Bertz CT molecular complexity index is 562. The van der Waals surface area contributed by atoms with Crippen LogP contribution in [-0.4, -0.2) is 37.9 Å². The van der Waals surface area contributed by atoms with Gasteiger partial charge in [0.05, 0.1) is 5.75 Å². The largest absolute Gasteiger partial charge is 0.352 e.